The average Bonchev–Trinajstić information content (AvgIpc) is 2.71. The van der Waals surface area contributed by atoms with Crippen LogP contribution in [-0.4, -0.2) is 31.9 Å². The summed E-state index contributed by atoms with van der Waals surface area (Å²) in [5, 5.41) is 10.0. The first-order chi connectivity index (χ1) is 9.04. The number of aryl methyl sites for hydroxylation is 2. The predicted octanol–water partition coefficient (Wildman–Crippen LogP) is 0.501. The number of carbonyl (C=O) groups is 1. The van der Waals surface area contributed by atoms with E-state index in [1.54, 1.807) is 13.8 Å². The molecule has 1 amide bonds. The number of thioether (sulfide) groups is 1. The highest BCUT2D eigenvalue weighted by Gasteiger charge is 2.10. The SMILES string of the molecule is Cc1cc(=O)[nH]c(SCC(=O)Nc2nonc2C)n1. The molecule has 0 atom stereocenters. The molecule has 0 bridgehead atoms. The minimum atomic E-state index is -0.284. The van der Waals surface area contributed by atoms with Crippen molar-refractivity contribution in [3.05, 3.63) is 27.8 Å². The van der Waals surface area contributed by atoms with E-state index in [0.717, 1.165) is 11.8 Å². The second kappa shape index (κ2) is 5.65. The van der Waals surface area contributed by atoms with Crippen molar-refractivity contribution in [1.82, 2.24) is 20.3 Å². The molecule has 0 radical (unpaired) electrons. The van der Waals surface area contributed by atoms with Crippen LogP contribution in [0, 0.1) is 13.8 Å². The summed E-state index contributed by atoms with van der Waals surface area (Å²) in [4.78, 5) is 29.5. The molecule has 0 spiro atoms. The van der Waals surface area contributed by atoms with Crippen LogP contribution in [0.3, 0.4) is 0 Å². The number of H-pyrrole nitrogens is 1. The summed E-state index contributed by atoms with van der Waals surface area (Å²) in [5.41, 5.74) is 0.857. The molecule has 0 aliphatic rings. The fraction of sp³-hybridized carbons (Fsp3) is 0.300. The number of aromatic amines is 1. The molecule has 0 saturated carbocycles. The van der Waals surface area contributed by atoms with Crippen molar-refractivity contribution in [3.63, 3.8) is 0 Å². The minimum Gasteiger partial charge on any atom is -0.306 e. The Bertz CT molecular complexity index is 651. The maximum Gasteiger partial charge on any atom is 0.251 e. The summed E-state index contributed by atoms with van der Waals surface area (Å²) in [7, 11) is 0. The van der Waals surface area contributed by atoms with Crippen molar-refractivity contribution in [3.8, 4) is 0 Å². The fourth-order valence-corrected chi connectivity index (χ4v) is 1.99. The molecule has 0 aliphatic carbocycles. The molecule has 0 aliphatic heterocycles. The number of nitrogens with zero attached hydrogens (tertiary/aromatic N) is 3. The molecular weight excluding hydrogens is 270 g/mol. The quantitative estimate of drug-likeness (QED) is 0.619. The molecular formula is C10H11N5O3S. The topological polar surface area (TPSA) is 114 Å². The molecule has 0 unspecified atom stereocenters. The first kappa shape index (κ1) is 13.3. The van der Waals surface area contributed by atoms with E-state index in [9.17, 15) is 9.59 Å². The van der Waals surface area contributed by atoms with Gasteiger partial charge in [0.2, 0.25) is 5.91 Å². The maximum atomic E-state index is 11.6. The van der Waals surface area contributed by atoms with Gasteiger partial charge < -0.3 is 10.3 Å². The molecule has 19 heavy (non-hydrogen) atoms. The van der Waals surface area contributed by atoms with Crippen LogP contribution in [0.15, 0.2) is 20.6 Å². The standard InChI is InChI=1S/C10H11N5O3S/c1-5-3-7(16)13-10(11-5)19-4-8(17)12-9-6(2)14-18-15-9/h3H,4H2,1-2H3,(H,11,13,16)(H,12,15,17). The van der Waals surface area contributed by atoms with E-state index in [0.29, 0.717) is 16.5 Å². The number of rotatable bonds is 4. The maximum absolute atomic E-state index is 11.6. The van der Waals surface area contributed by atoms with Gasteiger partial charge in [-0.1, -0.05) is 16.9 Å². The lowest BCUT2D eigenvalue weighted by molar-refractivity contribution is -0.113. The van der Waals surface area contributed by atoms with E-state index < -0.39 is 0 Å². The first-order valence-electron chi connectivity index (χ1n) is 5.34. The van der Waals surface area contributed by atoms with Gasteiger partial charge in [-0.25, -0.2) is 9.61 Å². The van der Waals surface area contributed by atoms with Gasteiger partial charge in [-0.2, -0.15) is 0 Å². The Kier molecular flexibility index (Phi) is 3.95. The second-order valence-corrected chi connectivity index (χ2v) is 4.69. The van der Waals surface area contributed by atoms with E-state index >= 15 is 0 Å². The van der Waals surface area contributed by atoms with Crippen molar-refractivity contribution in [1.29, 1.82) is 0 Å². The molecule has 8 nitrogen and oxygen atoms in total. The van der Waals surface area contributed by atoms with E-state index in [1.165, 1.54) is 6.07 Å². The zero-order chi connectivity index (χ0) is 13.8. The van der Waals surface area contributed by atoms with Gasteiger partial charge in [-0.05, 0) is 19.0 Å². The number of anilines is 1. The summed E-state index contributed by atoms with van der Waals surface area (Å²) in [5.74, 6) is 0.0999. The van der Waals surface area contributed by atoms with E-state index in [-0.39, 0.29) is 23.0 Å². The van der Waals surface area contributed by atoms with Crippen LogP contribution in [0.1, 0.15) is 11.4 Å². The normalized spacial score (nSPS) is 10.4. The first-order valence-corrected chi connectivity index (χ1v) is 6.33. The van der Waals surface area contributed by atoms with Crippen LogP contribution >= 0.6 is 11.8 Å². The van der Waals surface area contributed by atoms with Crippen molar-refractivity contribution in [2.75, 3.05) is 11.1 Å². The highest BCUT2D eigenvalue weighted by molar-refractivity contribution is 7.99. The molecule has 2 heterocycles. The van der Waals surface area contributed by atoms with Gasteiger partial charge >= 0.3 is 0 Å². The third-order valence-electron chi connectivity index (χ3n) is 2.10. The Labute approximate surface area is 112 Å². The number of hydrogen-bond acceptors (Lipinski definition) is 7. The van der Waals surface area contributed by atoms with Gasteiger partial charge in [0.1, 0.15) is 5.69 Å². The smallest absolute Gasteiger partial charge is 0.251 e. The van der Waals surface area contributed by atoms with E-state index in [4.69, 9.17) is 0 Å². The summed E-state index contributed by atoms with van der Waals surface area (Å²) in [6, 6.07) is 1.38. The third kappa shape index (κ3) is 3.65. The van der Waals surface area contributed by atoms with E-state index in [2.05, 4.69) is 30.2 Å². The highest BCUT2D eigenvalue weighted by Crippen LogP contribution is 2.13. The monoisotopic (exact) mass is 281 g/mol. The number of hydrogen-bond donors (Lipinski definition) is 2. The molecule has 2 N–H and O–H groups in total. The van der Waals surface area contributed by atoms with E-state index in [1.807, 2.05) is 0 Å². The van der Waals surface area contributed by atoms with Crippen molar-refractivity contribution < 1.29 is 9.42 Å². The van der Waals surface area contributed by atoms with Crippen LogP contribution in [0.4, 0.5) is 5.82 Å². The number of aromatic nitrogens is 4. The molecule has 2 aromatic rings. The predicted molar refractivity (Wildman–Crippen MR) is 68.0 cm³/mol. The zero-order valence-corrected chi connectivity index (χ0v) is 11.1. The van der Waals surface area contributed by atoms with Crippen LogP contribution in [0.5, 0.6) is 0 Å². The molecule has 2 rings (SSSR count). The van der Waals surface area contributed by atoms with Crippen LogP contribution in [0.2, 0.25) is 0 Å². The van der Waals surface area contributed by atoms with Gasteiger partial charge in [-0.15, -0.1) is 0 Å². The van der Waals surface area contributed by atoms with Crippen LogP contribution in [0.25, 0.3) is 0 Å². The lowest BCUT2D eigenvalue weighted by Crippen LogP contribution is -2.16. The summed E-state index contributed by atoms with van der Waals surface area (Å²) >= 11 is 1.13. The Morgan fingerprint density at radius 3 is 2.89 bits per heavy atom. The molecule has 0 saturated heterocycles. The van der Waals surface area contributed by atoms with Crippen molar-refractivity contribution in [2.24, 2.45) is 0 Å². The second-order valence-electron chi connectivity index (χ2n) is 3.73. The summed E-state index contributed by atoms with van der Waals surface area (Å²) in [6.07, 6.45) is 0. The van der Waals surface area contributed by atoms with Gasteiger partial charge in [0.05, 0.1) is 5.75 Å². The van der Waals surface area contributed by atoms with Gasteiger partial charge in [0, 0.05) is 11.8 Å². The summed E-state index contributed by atoms with van der Waals surface area (Å²) < 4.78 is 4.46. The van der Waals surface area contributed by atoms with Gasteiger partial charge in [0.15, 0.2) is 11.0 Å². The fourth-order valence-electron chi connectivity index (χ4n) is 1.27. The highest BCUT2D eigenvalue weighted by atomic mass is 32.2. The van der Waals surface area contributed by atoms with Gasteiger partial charge in [-0.3, -0.25) is 9.59 Å². The van der Waals surface area contributed by atoms with Crippen LogP contribution in [-0.2, 0) is 4.79 Å². The lowest BCUT2D eigenvalue weighted by atomic mass is 10.5. The van der Waals surface area contributed by atoms with Crippen molar-refractivity contribution >= 4 is 23.5 Å². The molecule has 9 heteroatoms. The molecule has 100 valence electrons. The van der Waals surface area contributed by atoms with Crippen molar-refractivity contribution in [2.45, 2.75) is 19.0 Å². The Morgan fingerprint density at radius 1 is 1.47 bits per heavy atom. The Morgan fingerprint density at radius 2 is 2.26 bits per heavy atom. The average molecular weight is 281 g/mol. The molecule has 0 fully saturated rings. The molecule has 2 aromatic heterocycles. The summed E-state index contributed by atoms with van der Waals surface area (Å²) in [6.45, 7) is 3.38. The zero-order valence-electron chi connectivity index (χ0n) is 10.3. The Hall–Kier alpha value is -2.16. The largest absolute Gasteiger partial charge is 0.306 e. The minimum absolute atomic E-state index is 0.0959. The molecule has 0 aromatic carbocycles. The van der Waals surface area contributed by atoms with Crippen LogP contribution < -0.4 is 10.9 Å². The Balaban J connectivity index is 1.93. The number of nitrogens with one attached hydrogen (secondary N) is 2. The number of amides is 1. The third-order valence-corrected chi connectivity index (χ3v) is 2.97. The van der Waals surface area contributed by atoms with Gasteiger partial charge in [0.25, 0.3) is 5.56 Å². The lowest BCUT2D eigenvalue weighted by Gasteiger charge is -2.02. The number of carbonyl (C=O) groups excluding carboxylic acids is 1.